The molecule has 23 heavy (non-hydrogen) atoms. The zero-order valence-corrected chi connectivity index (χ0v) is 12.6. The second-order valence-electron chi connectivity index (χ2n) is 4.84. The first-order chi connectivity index (χ1) is 11.0. The largest absolute Gasteiger partial charge is 0.326 e. The van der Waals surface area contributed by atoms with Crippen LogP contribution in [-0.4, -0.2) is 15.5 Å². The van der Waals surface area contributed by atoms with Crippen molar-refractivity contribution in [2.75, 3.05) is 5.32 Å². The second-order valence-corrected chi connectivity index (χ2v) is 5.73. The van der Waals surface area contributed by atoms with Gasteiger partial charge >= 0.3 is 0 Å². The average Bonchev–Trinajstić information content (AvgIpc) is 2.94. The standard InChI is InChI=1S/C15H11F2N3O2S/c16-9-5-10(17)7-11(6-9)19-13(21)1-3-20-8-18-14-12(15(20)22)2-4-23-14/h2,4-8H,1,3H2,(H,19,21). The van der Waals surface area contributed by atoms with Crippen LogP contribution in [0.5, 0.6) is 0 Å². The minimum atomic E-state index is -0.774. The summed E-state index contributed by atoms with van der Waals surface area (Å²) >= 11 is 1.36. The number of nitrogens with zero attached hydrogens (tertiary/aromatic N) is 2. The van der Waals surface area contributed by atoms with Gasteiger partial charge in [0.15, 0.2) is 0 Å². The topological polar surface area (TPSA) is 64.0 Å². The van der Waals surface area contributed by atoms with Gasteiger partial charge in [0.25, 0.3) is 5.56 Å². The quantitative estimate of drug-likeness (QED) is 0.797. The molecule has 1 aromatic carbocycles. The molecule has 5 nitrogen and oxygen atoms in total. The third kappa shape index (κ3) is 3.42. The molecule has 1 amide bonds. The second kappa shape index (κ2) is 6.25. The van der Waals surface area contributed by atoms with Crippen molar-refractivity contribution in [3.8, 4) is 0 Å². The summed E-state index contributed by atoms with van der Waals surface area (Å²) in [7, 11) is 0. The number of anilines is 1. The summed E-state index contributed by atoms with van der Waals surface area (Å²) in [6, 6.07) is 4.44. The van der Waals surface area contributed by atoms with E-state index in [1.54, 1.807) is 11.4 Å². The first-order valence-corrected chi connectivity index (χ1v) is 7.59. The highest BCUT2D eigenvalue weighted by Crippen LogP contribution is 2.14. The number of nitrogens with one attached hydrogen (secondary N) is 1. The van der Waals surface area contributed by atoms with E-state index >= 15 is 0 Å². The summed E-state index contributed by atoms with van der Waals surface area (Å²) in [4.78, 5) is 28.8. The zero-order valence-electron chi connectivity index (χ0n) is 11.8. The van der Waals surface area contributed by atoms with Crippen molar-refractivity contribution in [2.24, 2.45) is 0 Å². The minimum Gasteiger partial charge on any atom is -0.326 e. The van der Waals surface area contributed by atoms with E-state index in [9.17, 15) is 18.4 Å². The molecule has 0 aliphatic rings. The molecule has 0 aliphatic heterocycles. The van der Waals surface area contributed by atoms with Crippen LogP contribution in [0.15, 0.2) is 40.8 Å². The van der Waals surface area contributed by atoms with E-state index in [4.69, 9.17) is 0 Å². The van der Waals surface area contributed by atoms with Crippen LogP contribution in [0.3, 0.4) is 0 Å². The van der Waals surface area contributed by atoms with Crippen LogP contribution in [-0.2, 0) is 11.3 Å². The molecule has 0 atom stereocenters. The Morgan fingerprint density at radius 2 is 2.00 bits per heavy atom. The van der Waals surface area contributed by atoms with Crippen molar-refractivity contribution >= 4 is 33.1 Å². The highest BCUT2D eigenvalue weighted by Gasteiger charge is 2.09. The summed E-state index contributed by atoms with van der Waals surface area (Å²) in [5.74, 6) is -2.00. The number of carbonyl (C=O) groups is 1. The van der Waals surface area contributed by atoms with Gasteiger partial charge in [-0.3, -0.25) is 14.2 Å². The predicted octanol–water partition coefficient (Wildman–Crippen LogP) is 2.77. The fourth-order valence-electron chi connectivity index (χ4n) is 2.12. The summed E-state index contributed by atoms with van der Waals surface area (Å²) in [6.45, 7) is 0.126. The number of thiophene rings is 1. The number of amides is 1. The molecule has 0 bridgehead atoms. The number of fused-ring (bicyclic) bond motifs is 1. The fraction of sp³-hybridized carbons (Fsp3) is 0.133. The molecule has 8 heteroatoms. The summed E-state index contributed by atoms with van der Waals surface area (Å²) in [6.07, 6.45) is 1.37. The van der Waals surface area contributed by atoms with Crippen molar-refractivity contribution in [3.05, 3.63) is 58.0 Å². The van der Waals surface area contributed by atoms with Gasteiger partial charge in [0.1, 0.15) is 16.5 Å². The van der Waals surface area contributed by atoms with Crippen LogP contribution >= 0.6 is 11.3 Å². The maximum atomic E-state index is 13.1. The van der Waals surface area contributed by atoms with Crippen LogP contribution in [0, 0.1) is 11.6 Å². The van der Waals surface area contributed by atoms with Gasteiger partial charge in [-0.2, -0.15) is 0 Å². The lowest BCUT2D eigenvalue weighted by Crippen LogP contribution is -2.23. The molecule has 3 aromatic rings. The molecule has 0 saturated carbocycles. The zero-order chi connectivity index (χ0) is 16.4. The van der Waals surface area contributed by atoms with E-state index in [1.807, 2.05) is 0 Å². The molecule has 1 N–H and O–H groups in total. The molecule has 0 unspecified atom stereocenters. The molecule has 0 spiro atoms. The Bertz CT molecular complexity index is 916. The van der Waals surface area contributed by atoms with E-state index in [0.29, 0.717) is 10.2 Å². The Morgan fingerprint density at radius 3 is 2.74 bits per heavy atom. The molecule has 0 radical (unpaired) electrons. The highest BCUT2D eigenvalue weighted by molar-refractivity contribution is 7.16. The molecule has 2 heterocycles. The summed E-state index contributed by atoms with van der Waals surface area (Å²) in [5.41, 5.74) is -0.188. The Hall–Kier alpha value is -2.61. The van der Waals surface area contributed by atoms with Gasteiger partial charge in [-0.25, -0.2) is 13.8 Å². The Morgan fingerprint density at radius 1 is 1.26 bits per heavy atom. The van der Waals surface area contributed by atoms with Crippen molar-refractivity contribution < 1.29 is 13.6 Å². The minimum absolute atomic E-state index is 0.0185. The smallest absolute Gasteiger partial charge is 0.262 e. The van der Waals surface area contributed by atoms with Gasteiger partial charge in [0.05, 0.1) is 11.7 Å². The van der Waals surface area contributed by atoms with Crippen LogP contribution in [0.25, 0.3) is 10.2 Å². The van der Waals surface area contributed by atoms with Gasteiger partial charge in [0, 0.05) is 24.7 Å². The van der Waals surface area contributed by atoms with Gasteiger partial charge < -0.3 is 5.32 Å². The van der Waals surface area contributed by atoms with E-state index in [0.717, 1.165) is 18.2 Å². The maximum Gasteiger partial charge on any atom is 0.262 e. The van der Waals surface area contributed by atoms with E-state index in [-0.39, 0.29) is 24.2 Å². The number of rotatable bonds is 4. The Kier molecular flexibility index (Phi) is 4.16. The Balaban J connectivity index is 1.68. The third-order valence-electron chi connectivity index (χ3n) is 3.18. The summed E-state index contributed by atoms with van der Waals surface area (Å²) in [5, 5.41) is 4.67. The van der Waals surface area contributed by atoms with Crippen LogP contribution in [0.2, 0.25) is 0 Å². The molecule has 0 fully saturated rings. The number of benzene rings is 1. The van der Waals surface area contributed by atoms with E-state index in [2.05, 4.69) is 10.3 Å². The number of halogens is 2. The molecule has 0 saturated heterocycles. The Labute approximate surface area is 133 Å². The van der Waals surface area contributed by atoms with Gasteiger partial charge in [-0.15, -0.1) is 11.3 Å². The monoisotopic (exact) mass is 335 g/mol. The van der Waals surface area contributed by atoms with Gasteiger partial charge in [-0.05, 0) is 23.6 Å². The van der Waals surface area contributed by atoms with Crippen molar-refractivity contribution in [3.63, 3.8) is 0 Å². The number of aromatic nitrogens is 2. The SMILES string of the molecule is O=C(CCn1cnc2sccc2c1=O)Nc1cc(F)cc(F)c1. The maximum absolute atomic E-state index is 13.1. The molecule has 2 aromatic heterocycles. The lowest BCUT2D eigenvalue weighted by atomic mass is 10.3. The van der Waals surface area contributed by atoms with E-state index in [1.165, 1.54) is 22.2 Å². The molecule has 0 aliphatic carbocycles. The van der Waals surface area contributed by atoms with Gasteiger partial charge in [0.2, 0.25) is 5.91 Å². The van der Waals surface area contributed by atoms with Crippen LogP contribution in [0.1, 0.15) is 6.42 Å². The number of carbonyl (C=O) groups excluding carboxylic acids is 1. The van der Waals surface area contributed by atoms with Crippen molar-refractivity contribution in [1.82, 2.24) is 9.55 Å². The average molecular weight is 335 g/mol. The summed E-state index contributed by atoms with van der Waals surface area (Å²) < 4.78 is 27.4. The lowest BCUT2D eigenvalue weighted by Gasteiger charge is -2.07. The number of aryl methyl sites for hydroxylation is 1. The number of hydrogen-bond acceptors (Lipinski definition) is 4. The highest BCUT2D eigenvalue weighted by atomic mass is 32.1. The first-order valence-electron chi connectivity index (χ1n) is 6.71. The predicted molar refractivity (Wildman–Crippen MR) is 83.5 cm³/mol. The van der Waals surface area contributed by atoms with E-state index < -0.39 is 17.5 Å². The third-order valence-corrected chi connectivity index (χ3v) is 4.00. The van der Waals surface area contributed by atoms with Crippen molar-refractivity contribution in [2.45, 2.75) is 13.0 Å². The van der Waals surface area contributed by atoms with Crippen molar-refractivity contribution in [1.29, 1.82) is 0 Å². The normalized spacial score (nSPS) is 10.9. The number of hydrogen-bond donors (Lipinski definition) is 1. The first kappa shape index (κ1) is 15.3. The molecule has 3 rings (SSSR count). The fourth-order valence-corrected chi connectivity index (χ4v) is 2.85. The lowest BCUT2D eigenvalue weighted by molar-refractivity contribution is -0.116. The molecular formula is C15H11F2N3O2S. The van der Waals surface area contributed by atoms with Gasteiger partial charge in [-0.1, -0.05) is 0 Å². The van der Waals surface area contributed by atoms with Crippen LogP contribution < -0.4 is 10.9 Å². The molecular weight excluding hydrogens is 324 g/mol. The molecule has 118 valence electrons. The van der Waals surface area contributed by atoms with Crippen LogP contribution in [0.4, 0.5) is 14.5 Å².